The molecule has 0 saturated heterocycles. The van der Waals surface area contributed by atoms with Crippen LogP contribution in [0, 0.1) is 0 Å². The number of halogens is 2. The van der Waals surface area contributed by atoms with Crippen molar-refractivity contribution in [1.82, 2.24) is 9.13 Å². The van der Waals surface area contributed by atoms with Gasteiger partial charge in [-0.1, -0.05) is 119 Å². The Balaban J connectivity index is 1.67. The Morgan fingerprint density at radius 2 is 0.692 bits per heavy atom. The molecule has 2 heterocycles. The van der Waals surface area contributed by atoms with E-state index in [4.69, 9.17) is 0 Å². The van der Waals surface area contributed by atoms with Crippen LogP contribution in [-0.2, 0) is 21.7 Å². The second kappa shape index (κ2) is 12.9. The summed E-state index contributed by atoms with van der Waals surface area (Å²) in [7, 11) is 0. The maximum absolute atomic E-state index is 4.29. The average Bonchev–Trinajstić information content (AvgIpc) is 3.07. The molecule has 0 fully saturated rings. The van der Waals surface area contributed by atoms with Crippen molar-refractivity contribution < 1.29 is 0 Å². The van der Waals surface area contributed by atoms with Crippen molar-refractivity contribution in [2.75, 3.05) is 0 Å². The van der Waals surface area contributed by atoms with Gasteiger partial charge in [-0.15, -0.1) is 22.7 Å². The van der Waals surface area contributed by atoms with E-state index in [2.05, 4.69) is 209 Å². The summed E-state index contributed by atoms with van der Waals surface area (Å²) in [6.45, 7) is 27.4. The van der Waals surface area contributed by atoms with Gasteiger partial charge in [0, 0.05) is 11.4 Å². The van der Waals surface area contributed by atoms with E-state index in [9.17, 15) is 0 Å². The molecule has 0 aliphatic rings. The van der Waals surface area contributed by atoms with Gasteiger partial charge in [-0.25, -0.2) is 0 Å². The van der Waals surface area contributed by atoms with Gasteiger partial charge in [-0.05, 0) is 124 Å². The van der Waals surface area contributed by atoms with Crippen LogP contribution < -0.4 is 0 Å². The standard InChI is InChI=1S/C46H50Br2N2S2/c1-43(2,3)27-13-19-31(20-14-27)49-33-23-17-29(45(7,8)9)25-35(33)51-41-38(48)40-42(37(47)39(41)49)52-36-26-30(46(10,11)12)18-24-34(36)50(40)32-21-15-28(16-22-32)44(4,5)6/h13-26H,1-12H3. The van der Waals surface area contributed by atoms with E-state index in [1.54, 1.807) is 0 Å². The Morgan fingerprint density at radius 3 is 0.981 bits per heavy atom. The normalized spacial score (nSPS) is 13.2. The highest BCUT2D eigenvalue weighted by molar-refractivity contribution is 9.11. The van der Waals surface area contributed by atoms with Crippen LogP contribution in [0.15, 0.2) is 93.9 Å². The molecule has 0 spiro atoms. The van der Waals surface area contributed by atoms with Crippen LogP contribution >= 0.6 is 54.5 Å². The lowest BCUT2D eigenvalue weighted by Gasteiger charge is -2.25. The summed E-state index contributed by atoms with van der Waals surface area (Å²) in [6, 6.07) is 32.4. The summed E-state index contributed by atoms with van der Waals surface area (Å²) in [5.41, 5.74) is 12.6. The van der Waals surface area contributed by atoms with Gasteiger partial charge in [0.25, 0.3) is 0 Å². The van der Waals surface area contributed by atoms with Gasteiger partial charge >= 0.3 is 0 Å². The number of hydrogen-bond acceptors (Lipinski definition) is 2. The summed E-state index contributed by atoms with van der Waals surface area (Å²) in [4.78, 5) is 0. The number of nitrogens with zero attached hydrogens (tertiary/aromatic N) is 2. The first-order valence-electron chi connectivity index (χ1n) is 18.2. The fraction of sp³-hybridized carbons (Fsp3) is 0.348. The maximum Gasteiger partial charge on any atom is 0.0804 e. The third-order valence-electron chi connectivity index (χ3n) is 10.2. The predicted molar refractivity (Wildman–Crippen MR) is 239 cm³/mol. The van der Waals surface area contributed by atoms with Crippen LogP contribution in [0.2, 0.25) is 0 Å². The molecule has 0 bridgehead atoms. The third kappa shape index (κ3) is 6.61. The molecule has 0 atom stereocenters. The summed E-state index contributed by atoms with van der Waals surface area (Å²) in [5, 5.41) is 0. The Morgan fingerprint density at radius 1 is 0.404 bits per heavy atom. The van der Waals surface area contributed by atoms with Crippen molar-refractivity contribution >= 4 is 95.4 Å². The van der Waals surface area contributed by atoms with Crippen LogP contribution in [0.1, 0.15) is 105 Å². The quantitative estimate of drug-likeness (QED) is 0.153. The van der Waals surface area contributed by atoms with Gasteiger partial charge in [-0.3, -0.25) is 0 Å². The van der Waals surface area contributed by atoms with E-state index in [1.165, 1.54) is 63.1 Å². The van der Waals surface area contributed by atoms with E-state index in [0.717, 1.165) is 20.3 Å². The van der Waals surface area contributed by atoms with Crippen molar-refractivity contribution in [3.8, 4) is 11.4 Å². The molecule has 0 radical (unpaired) electrons. The molecule has 0 amide bonds. The van der Waals surface area contributed by atoms with Crippen LogP contribution in [0.5, 0.6) is 0 Å². The number of fused-ring (bicyclic) bond motifs is 4. The lowest BCUT2D eigenvalue weighted by atomic mass is 9.87. The van der Waals surface area contributed by atoms with Gasteiger partial charge in [0.15, 0.2) is 0 Å². The third-order valence-corrected chi connectivity index (χ3v) is 14.6. The Kier molecular flexibility index (Phi) is 9.25. The topological polar surface area (TPSA) is 9.86 Å². The zero-order valence-electron chi connectivity index (χ0n) is 32.5. The van der Waals surface area contributed by atoms with Crippen molar-refractivity contribution in [1.29, 1.82) is 0 Å². The van der Waals surface area contributed by atoms with Crippen LogP contribution in [0.3, 0.4) is 0 Å². The fourth-order valence-electron chi connectivity index (χ4n) is 6.92. The summed E-state index contributed by atoms with van der Waals surface area (Å²) in [5.74, 6) is 0. The highest BCUT2D eigenvalue weighted by Crippen LogP contribution is 2.49. The monoisotopic (exact) mass is 852 g/mol. The van der Waals surface area contributed by atoms with E-state index < -0.39 is 0 Å². The van der Waals surface area contributed by atoms with Crippen molar-refractivity contribution in [2.45, 2.75) is 105 Å². The average molecular weight is 855 g/mol. The zero-order chi connectivity index (χ0) is 37.7. The largest absolute Gasteiger partial charge is 0.306 e. The number of hydrogen-bond donors (Lipinski definition) is 0. The summed E-state index contributed by atoms with van der Waals surface area (Å²) < 4.78 is 12.1. The van der Waals surface area contributed by atoms with E-state index in [-0.39, 0.29) is 21.7 Å². The van der Waals surface area contributed by atoms with Gasteiger partial charge in [0.05, 0.1) is 49.8 Å². The first kappa shape index (κ1) is 37.4. The molecule has 7 rings (SSSR count). The van der Waals surface area contributed by atoms with Gasteiger partial charge < -0.3 is 9.13 Å². The molecule has 2 nitrogen and oxygen atoms in total. The molecular weight excluding hydrogens is 804 g/mol. The highest BCUT2D eigenvalue weighted by atomic mass is 79.9. The molecule has 0 saturated carbocycles. The second-order valence-electron chi connectivity index (χ2n) is 18.3. The smallest absolute Gasteiger partial charge is 0.0804 e. The Labute approximate surface area is 334 Å². The molecule has 2 aromatic heterocycles. The molecule has 0 unspecified atom stereocenters. The van der Waals surface area contributed by atoms with Crippen LogP contribution in [0.4, 0.5) is 0 Å². The minimum atomic E-state index is 0.0327. The van der Waals surface area contributed by atoms with Crippen molar-refractivity contribution in [2.24, 2.45) is 0 Å². The van der Waals surface area contributed by atoms with Crippen molar-refractivity contribution in [3.63, 3.8) is 0 Å². The Hall–Kier alpha value is -2.90. The second-order valence-corrected chi connectivity index (χ2v) is 22.0. The van der Waals surface area contributed by atoms with Crippen LogP contribution in [0.25, 0.3) is 52.2 Å². The zero-order valence-corrected chi connectivity index (χ0v) is 37.4. The van der Waals surface area contributed by atoms with E-state index in [0.29, 0.717) is 0 Å². The molecule has 0 aliphatic carbocycles. The van der Waals surface area contributed by atoms with E-state index in [1.807, 2.05) is 22.7 Å². The minimum Gasteiger partial charge on any atom is -0.306 e. The lowest BCUT2D eigenvalue weighted by Crippen LogP contribution is -2.12. The Bertz CT molecular complexity index is 2360. The number of benzene rings is 5. The molecule has 6 heteroatoms. The summed E-state index contributed by atoms with van der Waals surface area (Å²) in [6.07, 6.45) is 0. The maximum atomic E-state index is 4.29. The highest BCUT2D eigenvalue weighted by Gasteiger charge is 2.25. The van der Waals surface area contributed by atoms with E-state index >= 15 is 0 Å². The number of rotatable bonds is 2. The lowest BCUT2D eigenvalue weighted by molar-refractivity contribution is 0.590. The first-order chi connectivity index (χ1) is 24.1. The van der Waals surface area contributed by atoms with Crippen LogP contribution in [-0.4, -0.2) is 9.13 Å². The first-order valence-corrected chi connectivity index (χ1v) is 21.4. The molecule has 52 heavy (non-hydrogen) atoms. The molecular formula is C46H50Br2N2S2. The molecule has 0 N–H and O–H groups in total. The summed E-state index contributed by atoms with van der Waals surface area (Å²) >= 11 is 12.3. The predicted octanol–water partition coefficient (Wildman–Crippen LogP) is 15.8. The molecule has 7 aromatic rings. The van der Waals surface area contributed by atoms with Gasteiger partial charge in [0.1, 0.15) is 0 Å². The fourth-order valence-corrected chi connectivity index (χ4v) is 11.1. The SMILES string of the molecule is CC(C)(C)c1ccc(-n2c3ccc(C(C)(C)C)cc3sc3c(Br)c4c(sc5cc(C(C)(C)C)ccc5n4-c4ccc(C(C)(C)C)cc4)c(Br)c32)cc1. The van der Waals surface area contributed by atoms with Gasteiger partial charge in [0.2, 0.25) is 0 Å². The van der Waals surface area contributed by atoms with Gasteiger partial charge in [-0.2, -0.15) is 0 Å². The molecule has 270 valence electrons. The number of aromatic nitrogens is 2. The van der Waals surface area contributed by atoms with Crippen molar-refractivity contribution in [3.05, 3.63) is 116 Å². The minimum absolute atomic E-state index is 0.0327. The molecule has 5 aromatic carbocycles. The molecule has 0 aliphatic heterocycles.